The van der Waals surface area contributed by atoms with E-state index in [4.69, 9.17) is 0 Å². The Bertz CT molecular complexity index is 1190. The van der Waals surface area contributed by atoms with Crippen LogP contribution in [-0.2, 0) is 11.9 Å². The van der Waals surface area contributed by atoms with Gasteiger partial charge in [-0.15, -0.1) is 0 Å². The summed E-state index contributed by atoms with van der Waals surface area (Å²) in [6, 6.07) is 17.0. The fraction of sp³-hybridized carbons (Fsp3) is 0.240. The Balaban J connectivity index is 1.96. The van der Waals surface area contributed by atoms with Gasteiger partial charge >= 0.3 is 12.2 Å². The van der Waals surface area contributed by atoms with Gasteiger partial charge in [-0.3, -0.25) is 9.80 Å². The van der Waals surface area contributed by atoms with Gasteiger partial charge in [0.15, 0.2) is 5.72 Å². The third kappa shape index (κ3) is 4.36. The molecule has 2 amide bonds. The van der Waals surface area contributed by atoms with Gasteiger partial charge in [-0.1, -0.05) is 57.3 Å². The average molecular weight is 598 g/mol. The van der Waals surface area contributed by atoms with E-state index in [0.717, 1.165) is 21.1 Å². The maximum atomic E-state index is 13.9. The zero-order chi connectivity index (χ0) is 24.7. The molecule has 3 aromatic rings. The number of nitrogens with zero attached hydrogens (tertiary/aromatic N) is 2. The number of hydrogen-bond acceptors (Lipinski definition) is 2. The van der Waals surface area contributed by atoms with E-state index in [1.165, 1.54) is 21.9 Å². The van der Waals surface area contributed by atoms with Crippen LogP contribution in [0.2, 0.25) is 0 Å². The molecule has 1 fully saturated rings. The molecule has 0 radical (unpaired) electrons. The number of anilines is 2. The van der Waals surface area contributed by atoms with Crippen LogP contribution < -0.4 is 9.80 Å². The lowest BCUT2D eigenvalue weighted by Gasteiger charge is -2.37. The molecule has 1 saturated heterocycles. The number of carbonyl (C=O) groups excluding carboxylic acids is 1. The Morgan fingerprint density at radius 3 is 2.03 bits per heavy atom. The maximum Gasteiger partial charge on any atom is 0.416 e. The first kappa shape index (κ1) is 24.8. The quantitative estimate of drug-likeness (QED) is 0.328. The SMILES string of the molecule is CCC[C@H]1N(c2ccc(Br)cc2)C(=O)N(c2ccc(Br)cc2)C1(O)c1cccc(C(F)(F)F)c1. The number of rotatable bonds is 5. The molecule has 4 nitrogen and oxygen atoms in total. The Morgan fingerprint density at radius 1 is 0.941 bits per heavy atom. The van der Waals surface area contributed by atoms with Crippen molar-refractivity contribution < 1.29 is 23.1 Å². The van der Waals surface area contributed by atoms with E-state index in [1.807, 2.05) is 6.92 Å². The van der Waals surface area contributed by atoms with Crippen LogP contribution >= 0.6 is 31.9 Å². The Morgan fingerprint density at radius 2 is 1.50 bits per heavy atom. The van der Waals surface area contributed by atoms with Gasteiger partial charge in [0.2, 0.25) is 0 Å². The van der Waals surface area contributed by atoms with Crippen LogP contribution in [0.3, 0.4) is 0 Å². The largest absolute Gasteiger partial charge is 0.416 e. The van der Waals surface area contributed by atoms with Gasteiger partial charge in [0.25, 0.3) is 0 Å². The van der Waals surface area contributed by atoms with E-state index in [-0.39, 0.29) is 5.56 Å². The number of alkyl halides is 3. The molecule has 0 aromatic heterocycles. The minimum Gasteiger partial charge on any atom is -0.365 e. The number of hydrogen-bond donors (Lipinski definition) is 1. The normalized spacial score (nSPS) is 20.8. The van der Waals surface area contributed by atoms with Gasteiger partial charge in [0.1, 0.15) is 0 Å². The van der Waals surface area contributed by atoms with Crippen LogP contribution in [0.15, 0.2) is 81.7 Å². The van der Waals surface area contributed by atoms with E-state index in [9.17, 15) is 23.1 Å². The van der Waals surface area contributed by atoms with Crippen molar-refractivity contribution in [1.82, 2.24) is 0 Å². The molecule has 0 spiro atoms. The Labute approximate surface area is 212 Å². The summed E-state index contributed by atoms with van der Waals surface area (Å²) >= 11 is 6.74. The summed E-state index contributed by atoms with van der Waals surface area (Å²) in [5.41, 5.74) is -2.03. The molecule has 0 aliphatic carbocycles. The zero-order valence-corrected chi connectivity index (χ0v) is 21.2. The maximum absolute atomic E-state index is 13.9. The summed E-state index contributed by atoms with van der Waals surface area (Å²) in [7, 11) is 0. The van der Waals surface area contributed by atoms with Crippen molar-refractivity contribution in [2.45, 2.75) is 37.7 Å². The number of benzene rings is 3. The number of halogens is 5. The van der Waals surface area contributed by atoms with E-state index >= 15 is 0 Å². The van der Waals surface area contributed by atoms with Crippen molar-refractivity contribution in [3.63, 3.8) is 0 Å². The van der Waals surface area contributed by atoms with Gasteiger partial charge in [-0.2, -0.15) is 13.2 Å². The summed E-state index contributed by atoms with van der Waals surface area (Å²) in [4.78, 5) is 16.5. The summed E-state index contributed by atoms with van der Waals surface area (Å²) in [5, 5.41) is 12.3. The summed E-state index contributed by atoms with van der Waals surface area (Å²) in [6.07, 6.45) is -3.63. The molecule has 9 heteroatoms. The minimum atomic E-state index is -4.59. The van der Waals surface area contributed by atoms with Gasteiger partial charge < -0.3 is 5.11 Å². The highest BCUT2D eigenvalue weighted by Gasteiger charge is 2.58. The minimum absolute atomic E-state index is 0.00310. The number of aliphatic hydroxyl groups is 1. The smallest absolute Gasteiger partial charge is 0.365 e. The highest BCUT2D eigenvalue weighted by Crippen LogP contribution is 2.47. The second kappa shape index (κ2) is 9.36. The van der Waals surface area contributed by atoms with Crippen molar-refractivity contribution in [1.29, 1.82) is 0 Å². The van der Waals surface area contributed by atoms with Crippen LogP contribution in [0.25, 0.3) is 0 Å². The van der Waals surface area contributed by atoms with E-state index in [2.05, 4.69) is 31.9 Å². The molecular formula is C25H21Br2F3N2O2. The van der Waals surface area contributed by atoms with Crippen molar-refractivity contribution >= 4 is 49.3 Å². The van der Waals surface area contributed by atoms with Crippen LogP contribution in [0.4, 0.5) is 29.3 Å². The van der Waals surface area contributed by atoms with Crippen molar-refractivity contribution in [2.24, 2.45) is 0 Å². The lowest BCUT2D eigenvalue weighted by atomic mass is 9.89. The van der Waals surface area contributed by atoms with Crippen molar-refractivity contribution in [3.05, 3.63) is 92.9 Å². The fourth-order valence-corrected chi connectivity index (χ4v) is 4.88. The lowest BCUT2D eigenvalue weighted by molar-refractivity contribution is -0.137. The Kier molecular flexibility index (Phi) is 6.81. The first-order valence-electron chi connectivity index (χ1n) is 10.6. The first-order chi connectivity index (χ1) is 16.1. The molecule has 1 heterocycles. The molecule has 1 N–H and O–H groups in total. The third-order valence-electron chi connectivity index (χ3n) is 5.88. The molecule has 4 rings (SSSR count). The number of urea groups is 1. The second-order valence-electron chi connectivity index (χ2n) is 8.05. The van der Waals surface area contributed by atoms with Gasteiger partial charge in [-0.05, 0) is 67.1 Å². The number of amides is 2. The molecule has 1 aliphatic heterocycles. The van der Waals surface area contributed by atoms with Crippen LogP contribution in [0.5, 0.6) is 0 Å². The van der Waals surface area contributed by atoms with Crippen molar-refractivity contribution in [2.75, 3.05) is 9.80 Å². The predicted octanol–water partition coefficient (Wildman–Crippen LogP) is 7.69. The second-order valence-corrected chi connectivity index (χ2v) is 9.88. The number of carbonyl (C=O) groups is 1. The average Bonchev–Trinajstić information content (AvgIpc) is 3.02. The molecule has 34 heavy (non-hydrogen) atoms. The zero-order valence-electron chi connectivity index (χ0n) is 18.1. The molecule has 1 aliphatic rings. The van der Waals surface area contributed by atoms with Crippen LogP contribution in [-0.4, -0.2) is 17.2 Å². The lowest BCUT2D eigenvalue weighted by Crippen LogP contribution is -2.49. The molecular weight excluding hydrogens is 577 g/mol. The van der Waals surface area contributed by atoms with Crippen LogP contribution in [0, 0.1) is 0 Å². The predicted molar refractivity (Wildman–Crippen MR) is 133 cm³/mol. The third-order valence-corrected chi connectivity index (χ3v) is 6.94. The van der Waals surface area contributed by atoms with Gasteiger partial charge in [-0.25, -0.2) is 4.79 Å². The highest BCUT2D eigenvalue weighted by atomic mass is 79.9. The molecule has 178 valence electrons. The van der Waals surface area contributed by atoms with Gasteiger partial charge in [0.05, 0.1) is 11.6 Å². The highest BCUT2D eigenvalue weighted by molar-refractivity contribution is 9.10. The monoisotopic (exact) mass is 596 g/mol. The first-order valence-corrected chi connectivity index (χ1v) is 12.2. The summed E-state index contributed by atoms with van der Waals surface area (Å²) < 4.78 is 42.3. The molecule has 1 unspecified atom stereocenters. The van der Waals surface area contributed by atoms with E-state index in [0.29, 0.717) is 24.2 Å². The fourth-order valence-electron chi connectivity index (χ4n) is 4.36. The molecule has 3 aromatic carbocycles. The van der Waals surface area contributed by atoms with Gasteiger partial charge in [0, 0.05) is 25.9 Å². The molecule has 0 bridgehead atoms. The Hall–Kier alpha value is -2.36. The topological polar surface area (TPSA) is 43.8 Å². The summed E-state index contributed by atoms with van der Waals surface area (Å²) in [6.45, 7) is 1.90. The van der Waals surface area contributed by atoms with E-state index < -0.39 is 29.5 Å². The van der Waals surface area contributed by atoms with E-state index in [1.54, 1.807) is 48.5 Å². The summed E-state index contributed by atoms with van der Waals surface area (Å²) in [5.74, 6) is 0. The van der Waals surface area contributed by atoms with Crippen molar-refractivity contribution in [3.8, 4) is 0 Å². The molecule has 0 saturated carbocycles. The van der Waals surface area contributed by atoms with Crippen LogP contribution in [0.1, 0.15) is 30.9 Å². The standard InChI is InChI=1S/C25H21Br2F3N2O2/c1-2-4-22-24(34,16-5-3-6-17(15-16)25(28,29)30)32(21-13-9-19(27)10-14-21)23(33)31(22)20-11-7-18(26)8-12-20/h3,5-15,22,34H,2,4H2,1H3/t22-,24?/m1/s1. The molecule has 2 atom stereocenters.